The topological polar surface area (TPSA) is 54.4 Å². The Kier molecular flexibility index (Phi) is 6.35. The van der Waals surface area contributed by atoms with Gasteiger partial charge in [0.1, 0.15) is 0 Å². The third-order valence-electron chi connectivity index (χ3n) is 1.67. The molecule has 0 amide bonds. The van der Waals surface area contributed by atoms with E-state index >= 15 is 0 Å². The van der Waals surface area contributed by atoms with Crippen LogP contribution in [0.25, 0.3) is 0 Å². The number of allylic oxidation sites excluding steroid dienone is 4. The van der Waals surface area contributed by atoms with Gasteiger partial charge in [-0.1, -0.05) is 24.3 Å². The number of halogens is 3. The zero-order chi connectivity index (χ0) is 12.7. The Morgan fingerprint density at radius 3 is 1.56 bits per heavy atom. The molecule has 0 saturated heterocycles. The van der Waals surface area contributed by atoms with Crippen LogP contribution in [0.3, 0.4) is 0 Å². The van der Waals surface area contributed by atoms with Gasteiger partial charge >= 0.3 is 15.6 Å². The summed E-state index contributed by atoms with van der Waals surface area (Å²) < 4.78 is 57.5. The summed E-state index contributed by atoms with van der Waals surface area (Å²) in [5.74, 6) is 0. The summed E-state index contributed by atoms with van der Waals surface area (Å²) in [6.07, 6.45) is 14.0. The van der Waals surface area contributed by atoms with E-state index in [4.69, 9.17) is 13.0 Å². The van der Waals surface area contributed by atoms with Gasteiger partial charge in [-0.25, -0.2) is 0 Å². The second-order valence-electron chi connectivity index (χ2n) is 3.06. The molecule has 94 valence electrons. The first-order valence-electron chi connectivity index (χ1n) is 4.60. The molecule has 0 heterocycles. The minimum Gasteiger partial charge on any atom is -0.279 e. The maximum Gasteiger partial charge on any atom is 0.522 e. The maximum absolute atomic E-state index is 10.7. The molecule has 0 spiro atoms. The third kappa shape index (κ3) is 7.47. The van der Waals surface area contributed by atoms with E-state index in [1.165, 1.54) is 25.7 Å². The van der Waals surface area contributed by atoms with Crippen LogP contribution in [0.2, 0.25) is 0 Å². The molecule has 0 aromatic heterocycles. The van der Waals surface area contributed by atoms with E-state index in [0.29, 0.717) is 0 Å². The van der Waals surface area contributed by atoms with Crippen molar-refractivity contribution in [2.45, 2.75) is 31.2 Å². The van der Waals surface area contributed by atoms with Gasteiger partial charge in [-0.15, -0.1) is 0 Å². The van der Waals surface area contributed by atoms with Crippen molar-refractivity contribution in [2.75, 3.05) is 0 Å². The average molecular weight is 258 g/mol. The van der Waals surface area contributed by atoms with Crippen LogP contribution in [0.4, 0.5) is 13.2 Å². The van der Waals surface area contributed by atoms with Gasteiger partial charge in [0.15, 0.2) is 0 Å². The molecule has 0 bridgehead atoms. The van der Waals surface area contributed by atoms with E-state index in [2.05, 4.69) is 24.3 Å². The van der Waals surface area contributed by atoms with Crippen LogP contribution in [0, 0.1) is 0 Å². The van der Waals surface area contributed by atoms with Crippen molar-refractivity contribution < 1.29 is 26.1 Å². The molecule has 3 nitrogen and oxygen atoms in total. The lowest BCUT2D eigenvalue weighted by atomic mass is 10.1. The van der Waals surface area contributed by atoms with E-state index in [0.717, 1.165) is 0 Å². The maximum atomic E-state index is 10.7. The number of hydrogen-bond donors (Lipinski definition) is 1. The first kappa shape index (κ1) is 15.2. The Balaban J connectivity index is 0.000000281. The smallest absolute Gasteiger partial charge is 0.279 e. The molecule has 0 saturated carbocycles. The van der Waals surface area contributed by atoms with E-state index in [9.17, 15) is 13.2 Å². The Hall–Kier alpha value is -0.820. The summed E-state index contributed by atoms with van der Waals surface area (Å²) in [5.41, 5.74) is -5.53. The first-order valence-corrected chi connectivity index (χ1v) is 6.04. The van der Waals surface area contributed by atoms with Crippen molar-refractivity contribution in [3.05, 3.63) is 24.3 Å². The van der Waals surface area contributed by atoms with Crippen LogP contribution in [0.5, 0.6) is 0 Å². The average Bonchev–Trinajstić information content (AvgIpc) is 1.98. The lowest BCUT2D eigenvalue weighted by molar-refractivity contribution is -0.0510. The molecule has 0 unspecified atom stereocenters. The van der Waals surface area contributed by atoms with Crippen LogP contribution in [-0.4, -0.2) is 18.5 Å². The highest BCUT2D eigenvalue weighted by atomic mass is 32.2. The summed E-state index contributed by atoms with van der Waals surface area (Å²) in [7, 11) is -5.84. The van der Waals surface area contributed by atoms with Gasteiger partial charge in [0.05, 0.1) is 0 Å². The second kappa shape index (κ2) is 6.70. The molecule has 7 heteroatoms. The Morgan fingerprint density at radius 1 is 1.00 bits per heavy atom. The Bertz CT molecular complexity index is 328. The highest BCUT2D eigenvalue weighted by molar-refractivity contribution is 7.86. The molecule has 0 atom stereocenters. The van der Waals surface area contributed by atoms with Crippen LogP contribution in [-0.2, 0) is 10.1 Å². The molecular weight excluding hydrogens is 245 g/mol. The number of alkyl halides is 3. The largest absolute Gasteiger partial charge is 0.522 e. The summed E-state index contributed by atoms with van der Waals surface area (Å²) in [6, 6.07) is 0. The van der Waals surface area contributed by atoms with E-state index < -0.39 is 15.6 Å². The second-order valence-corrected chi connectivity index (χ2v) is 4.47. The quantitative estimate of drug-likeness (QED) is 0.536. The predicted molar refractivity (Wildman–Crippen MR) is 54.4 cm³/mol. The molecule has 1 rings (SSSR count). The van der Waals surface area contributed by atoms with Crippen LogP contribution in [0.15, 0.2) is 24.3 Å². The molecule has 1 N–H and O–H groups in total. The molecule has 16 heavy (non-hydrogen) atoms. The van der Waals surface area contributed by atoms with Crippen LogP contribution in [0.1, 0.15) is 25.7 Å². The van der Waals surface area contributed by atoms with Gasteiger partial charge < -0.3 is 0 Å². The van der Waals surface area contributed by atoms with Gasteiger partial charge in [0.25, 0.3) is 0 Å². The summed E-state index contributed by atoms with van der Waals surface area (Å²) >= 11 is 0. The fourth-order valence-electron chi connectivity index (χ4n) is 0.874. The van der Waals surface area contributed by atoms with Crippen molar-refractivity contribution in [2.24, 2.45) is 0 Å². The van der Waals surface area contributed by atoms with Crippen LogP contribution >= 0.6 is 0 Å². The zero-order valence-electron chi connectivity index (χ0n) is 8.44. The molecule has 1 aliphatic rings. The fraction of sp³-hybridized carbons (Fsp3) is 0.556. The minimum atomic E-state index is -5.84. The van der Waals surface area contributed by atoms with Crippen molar-refractivity contribution in [3.63, 3.8) is 0 Å². The van der Waals surface area contributed by atoms with E-state index in [1.54, 1.807) is 0 Å². The normalized spacial score (nSPS) is 17.0. The first-order chi connectivity index (χ1) is 7.25. The lowest BCUT2D eigenvalue weighted by Crippen LogP contribution is -2.21. The highest BCUT2D eigenvalue weighted by Crippen LogP contribution is 2.20. The van der Waals surface area contributed by atoms with Crippen molar-refractivity contribution >= 4 is 10.1 Å². The molecule has 0 aliphatic heterocycles. The third-order valence-corrected chi connectivity index (χ3v) is 2.25. The molecule has 0 aromatic carbocycles. The zero-order valence-corrected chi connectivity index (χ0v) is 9.26. The number of rotatable bonds is 0. The van der Waals surface area contributed by atoms with Gasteiger partial charge in [-0.05, 0) is 25.7 Å². The van der Waals surface area contributed by atoms with Crippen LogP contribution < -0.4 is 0 Å². The monoisotopic (exact) mass is 258 g/mol. The molecule has 0 aromatic rings. The van der Waals surface area contributed by atoms with Crippen molar-refractivity contribution in [1.29, 1.82) is 0 Å². The molecular formula is C9H13F3O3S. The predicted octanol–water partition coefficient (Wildman–Crippen LogP) is 3.07. The summed E-state index contributed by atoms with van der Waals surface area (Å²) in [4.78, 5) is 0. The highest BCUT2D eigenvalue weighted by Gasteiger charge is 2.44. The van der Waals surface area contributed by atoms with E-state index in [-0.39, 0.29) is 0 Å². The van der Waals surface area contributed by atoms with Gasteiger partial charge in [-0.2, -0.15) is 21.6 Å². The Morgan fingerprint density at radius 2 is 1.31 bits per heavy atom. The SMILES string of the molecule is C1=CCCCCC=C1.O=S(=O)(O)C(F)(F)F. The Labute approximate surface area is 92.4 Å². The molecule has 1 aliphatic carbocycles. The molecule has 0 radical (unpaired) electrons. The molecule has 0 fully saturated rings. The number of hydrogen-bond acceptors (Lipinski definition) is 2. The lowest BCUT2D eigenvalue weighted by Gasteiger charge is -1.97. The van der Waals surface area contributed by atoms with Gasteiger partial charge in [0.2, 0.25) is 0 Å². The van der Waals surface area contributed by atoms with Gasteiger partial charge in [-0.3, -0.25) is 4.55 Å². The summed E-state index contributed by atoms with van der Waals surface area (Å²) in [6.45, 7) is 0. The van der Waals surface area contributed by atoms with Gasteiger partial charge in [0, 0.05) is 0 Å². The van der Waals surface area contributed by atoms with Crippen molar-refractivity contribution in [1.82, 2.24) is 0 Å². The van der Waals surface area contributed by atoms with Crippen molar-refractivity contribution in [3.8, 4) is 0 Å². The summed E-state index contributed by atoms with van der Waals surface area (Å²) in [5, 5.41) is 0. The fourth-order valence-corrected chi connectivity index (χ4v) is 0.874. The van der Waals surface area contributed by atoms with E-state index in [1.807, 2.05) is 0 Å². The minimum absolute atomic E-state index is 1.27. The standard InChI is InChI=1S/C8H12.CHF3O3S/c1-2-4-6-8-7-5-3-1;2-1(3,4)8(5,6)7/h1-4H,5-8H2;(H,5,6,7).